The molecule has 0 aliphatic rings. The van der Waals surface area contributed by atoms with Crippen LogP contribution < -0.4 is 10.0 Å². The molecule has 2 rings (SSSR count). The standard InChI is InChI=1S/C18H20N2O5S/c1-13-8-10-16(11-9-13)26(23,24)19-12-17(21)25-14(2)18(22)20-15-6-4-3-5-7-15/h3-11,14,19H,12H2,1-2H3,(H,20,22)/t14-/m0/s1. The first-order valence-corrected chi connectivity index (χ1v) is 9.38. The molecule has 0 aliphatic carbocycles. The molecule has 0 heterocycles. The summed E-state index contributed by atoms with van der Waals surface area (Å²) in [5, 5.41) is 2.60. The first-order valence-electron chi connectivity index (χ1n) is 7.89. The molecule has 1 amide bonds. The van der Waals surface area contributed by atoms with Gasteiger partial charge in [-0.3, -0.25) is 9.59 Å². The van der Waals surface area contributed by atoms with E-state index in [1.54, 1.807) is 42.5 Å². The van der Waals surface area contributed by atoms with Crippen molar-refractivity contribution in [2.75, 3.05) is 11.9 Å². The Morgan fingerprint density at radius 2 is 1.65 bits per heavy atom. The Labute approximate surface area is 152 Å². The third-order valence-electron chi connectivity index (χ3n) is 3.46. The number of anilines is 1. The number of nitrogens with one attached hydrogen (secondary N) is 2. The number of amides is 1. The minimum Gasteiger partial charge on any atom is -0.452 e. The van der Waals surface area contributed by atoms with E-state index >= 15 is 0 Å². The molecule has 0 aromatic heterocycles. The fourth-order valence-corrected chi connectivity index (χ4v) is 2.98. The van der Waals surface area contributed by atoms with E-state index in [2.05, 4.69) is 10.0 Å². The highest BCUT2D eigenvalue weighted by molar-refractivity contribution is 7.89. The fourth-order valence-electron chi connectivity index (χ4n) is 2.01. The quantitative estimate of drug-likeness (QED) is 0.718. The van der Waals surface area contributed by atoms with Crippen LogP contribution in [0.3, 0.4) is 0 Å². The maximum absolute atomic E-state index is 12.1. The number of rotatable bonds is 7. The van der Waals surface area contributed by atoms with Crippen LogP contribution in [0.25, 0.3) is 0 Å². The summed E-state index contributed by atoms with van der Waals surface area (Å²) in [5.41, 5.74) is 1.49. The summed E-state index contributed by atoms with van der Waals surface area (Å²) < 4.78 is 31.3. The number of carbonyl (C=O) groups excluding carboxylic acids is 2. The van der Waals surface area contributed by atoms with Crippen molar-refractivity contribution < 1.29 is 22.7 Å². The molecule has 2 aromatic rings. The van der Waals surface area contributed by atoms with Crippen LogP contribution in [0.15, 0.2) is 59.5 Å². The maximum atomic E-state index is 12.1. The van der Waals surface area contributed by atoms with E-state index in [-0.39, 0.29) is 4.90 Å². The molecule has 0 bridgehead atoms. The molecule has 0 unspecified atom stereocenters. The zero-order valence-corrected chi connectivity index (χ0v) is 15.2. The summed E-state index contributed by atoms with van der Waals surface area (Å²) >= 11 is 0. The summed E-state index contributed by atoms with van der Waals surface area (Å²) in [5.74, 6) is -1.36. The first kappa shape index (κ1) is 19.6. The van der Waals surface area contributed by atoms with Gasteiger partial charge >= 0.3 is 5.97 Å². The number of sulfonamides is 1. The second-order valence-corrected chi connectivity index (χ2v) is 7.39. The van der Waals surface area contributed by atoms with E-state index in [0.29, 0.717) is 5.69 Å². The number of aryl methyl sites for hydroxylation is 1. The van der Waals surface area contributed by atoms with Gasteiger partial charge in [0.2, 0.25) is 10.0 Å². The summed E-state index contributed by atoms with van der Waals surface area (Å²) in [4.78, 5) is 23.8. The molecule has 0 aliphatic heterocycles. The van der Waals surface area contributed by atoms with Crippen LogP contribution in [-0.4, -0.2) is 32.9 Å². The molecule has 1 atom stereocenters. The van der Waals surface area contributed by atoms with Gasteiger partial charge in [-0.15, -0.1) is 0 Å². The Hall–Kier alpha value is -2.71. The Morgan fingerprint density at radius 1 is 1.04 bits per heavy atom. The zero-order valence-electron chi connectivity index (χ0n) is 14.4. The summed E-state index contributed by atoms with van der Waals surface area (Å²) in [7, 11) is -3.83. The average Bonchev–Trinajstić information content (AvgIpc) is 2.61. The molecule has 7 nitrogen and oxygen atoms in total. The van der Waals surface area contributed by atoms with Crippen LogP contribution in [0.2, 0.25) is 0 Å². The molecule has 0 fully saturated rings. The minimum absolute atomic E-state index is 0.0470. The number of ether oxygens (including phenoxy) is 1. The van der Waals surface area contributed by atoms with E-state index in [9.17, 15) is 18.0 Å². The fraction of sp³-hybridized carbons (Fsp3) is 0.222. The predicted molar refractivity (Wildman–Crippen MR) is 97.0 cm³/mol. The average molecular weight is 376 g/mol. The molecule has 8 heteroatoms. The van der Waals surface area contributed by atoms with Gasteiger partial charge in [-0.2, -0.15) is 4.72 Å². The van der Waals surface area contributed by atoms with Crippen molar-refractivity contribution in [1.82, 2.24) is 4.72 Å². The van der Waals surface area contributed by atoms with Crippen LogP contribution in [0.5, 0.6) is 0 Å². The molecule has 2 N–H and O–H groups in total. The van der Waals surface area contributed by atoms with Gasteiger partial charge in [-0.05, 0) is 38.1 Å². The molecule has 0 saturated carbocycles. The summed E-state index contributed by atoms with van der Waals surface area (Å²) in [6.45, 7) is 2.67. The Kier molecular flexibility index (Phi) is 6.48. The monoisotopic (exact) mass is 376 g/mol. The molecule has 26 heavy (non-hydrogen) atoms. The van der Waals surface area contributed by atoms with Gasteiger partial charge in [-0.25, -0.2) is 8.42 Å². The van der Waals surface area contributed by atoms with Crippen molar-refractivity contribution in [3.05, 3.63) is 60.2 Å². The van der Waals surface area contributed by atoms with Gasteiger partial charge in [0.15, 0.2) is 6.10 Å². The van der Waals surface area contributed by atoms with Crippen LogP contribution in [0.1, 0.15) is 12.5 Å². The molecule has 0 spiro atoms. The molecule has 0 radical (unpaired) electrons. The smallest absolute Gasteiger partial charge is 0.321 e. The van der Waals surface area contributed by atoms with Gasteiger partial charge in [0.25, 0.3) is 5.91 Å². The van der Waals surface area contributed by atoms with Crippen molar-refractivity contribution in [2.45, 2.75) is 24.8 Å². The lowest BCUT2D eigenvalue weighted by Gasteiger charge is -2.14. The predicted octanol–water partition coefficient (Wildman–Crippen LogP) is 1.84. The highest BCUT2D eigenvalue weighted by atomic mass is 32.2. The lowest BCUT2D eigenvalue weighted by Crippen LogP contribution is -2.35. The molecular formula is C18H20N2O5S. The zero-order chi connectivity index (χ0) is 19.2. The van der Waals surface area contributed by atoms with Gasteiger partial charge < -0.3 is 10.1 Å². The lowest BCUT2D eigenvalue weighted by molar-refractivity contribution is -0.151. The van der Waals surface area contributed by atoms with Gasteiger partial charge in [0, 0.05) is 5.69 Å². The van der Waals surface area contributed by atoms with E-state index in [1.807, 2.05) is 6.92 Å². The number of hydrogen-bond donors (Lipinski definition) is 2. The Balaban J connectivity index is 1.85. The normalized spacial score (nSPS) is 12.2. The highest BCUT2D eigenvalue weighted by Crippen LogP contribution is 2.10. The van der Waals surface area contributed by atoms with Crippen LogP contribution in [-0.2, 0) is 24.3 Å². The van der Waals surface area contributed by atoms with E-state index < -0.39 is 34.5 Å². The third kappa shape index (κ3) is 5.68. The Bertz CT molecular complexity index is 864. The second kappa shape index (κ2) is 8.59. The number of hydrogen-bond acceptors (Lipinski definition) is 5. The van der Waals surface area contributed by atoms with Gasteiger partial charge in [-0.1, -0.05) is 35.9 Å². The van der Waals surface area contributed by atoms with Gasteiger partial charge in [0.1, 0.15) is 6.54 Å². The first-order chi connectivity index (χ1) is 12.3. The Morgan fingerprint density at radius 3 is 2.27 bits per heavy atom. The van der Waals surface area contributed by atoms with Crippen LogP contribution in [0.4, 0.5) is 5.69 Å². The van der Waals surface area contributed by atoms with Crippen molar-refractivity contribution in [1.29, 1.82) is 0 Å². The molecule has 138 valence electrons. The molecule has 0 saturated heterocycles. The number of benzene rings is 2. The van der Waals surface area contributed by atoms with Crippen molar-refractivity contribution >= 4 is 27.6 Å². The van der Waals surface area contributed by atoms with E-state index in [0.717, 1.165) is 5.56 Å². The van der Waals surface area contributed by atoms with Crippen molar-refractivity contribution in [3.63, 3.8) is 0 Å². The second-order valence-electron chi connectivity index (χ2n) is 5.62. The van der Waals surface area contributed by atoms with Crippen molar-refractivity contribution in [2.24, 2.45) is 0 Å². The van der Waals surface area contributed by atoms with E-state index in [1.165, 1.54) is 19.1 Å². The number of para-hydroxylation sites is 1. The highest BCUT2D eigenvalue weighted by Gasteiger charge is 2.20. The van der Waals surface area contributed by atoms with Crippen LogP contribution >= 0.6 is 0 Å². The SMILES string of the molecule is Cc1ccc(S(=O)(=O)NCC(=O)O[C@@H](C)C(=O)Nc2ccccc2)cc1. The maximum Gasteiger partial charge on any atom is 0.321 e. The number of esters is 1. The summed E-state index contributed by atoms with van der Waals surface area (Å²) in [6, 6.07) is 14.9. The summed E-state index contributed by atoms with van der Waals surface area (Å²) in [6.07, 6.45) is -1.06. The largest absolute Gasteiger partial charge is 0.452 e. The molecular weight excluding hydrogens is 356 g/mol. The van der Waals surface area contributed by atoms with Crippen LogP contribution in [0, 0.1) is 6.92 Å². The number of carbonyl (C=O) groups is 2. The minimum atomic E-state index is -3.83. The van der Waals surface area contributed by atoms with E-state index in [4.69, 9.17) is 4.74 Å². The topological polar surface area (TPSA) is 102 Å². The lowest BCUT2D eigenvalue weighted by atomic mass is 10.2. The van der Waals surface area contributed by atoms with Gasteiger partial charge in [0.05, 0.1) is 4.90 Å². The molecule has 2 aromatic carbocycles. The van der Waals surface area contributed by atoms with Crippen molar-refractivity contribution in [3.8, 4) is 0 Å². The third-order valence-corrected chi connectivity index (χ3v) is 4.87.